The summed E-state index contributed by atoms with van der Waals surface area (Å²) < 4.78 is 33.5. The Kier molecular flexibility index (Phi) is 3.44. The van der Waals surface area contributed by atoms with E-state index in [4.69, 9.17) is 4.74 Å². The van der Waals surface area contributed by atoms with E-state index in [1.165, 1.54) is 12.6 Å². The minimum absolute atomic E-state index is 0.00572. The number of hydrogen-bond donors (Lipinski definition) is 0. The predicted octanol–water partition coefficient (Wildman–Crippen LogP) is 1.34. The molecule has 0 unspecified atom stereocenters. The van der Waals surface area contributed by atoms with Gasteiger partial charge in [-0.2, -0.15) is 4.31 Å². The molecule has 1 aliphatic carbocycles. The number of anilines is 1. The first-order valence-electron chi connectivity index (χ1n) is 8.17. The van der Waals surface area contributed by atoms with Gasteiger partial charge in [-0.3, -0.25) is 0 Å². The summed E-state index contributed by atoms with van der Waals surface area (Å²) in [4.78, 5) is 6.40. The van der Waals surface area contributed by atoms with E-state index in [1.54, 1.807) is 16.4 Å². The number of nitrogens with zero attached hydrogens (tertiary/aromatic N) is 3. The molecule has 126 valence electrons. The Balaban J connectivity index is 1.66. The van der Waals surface area contributed by atoms with Gasteiger partial charge >= 0.3 is 0 Å². The number of rotatable bonds is 3. The van der Waals surface area contributed by atoms with Crippen LogP contribution in [-0.4, -0.2) is 57.6 Å². The summed E-state index contributed by atoms with van der Waals surface area (Å²) >= 11 is 0. The van der Waals surface area contributed by atoms with E-state index < -0.39 is 10.0 Å². The number of sulfonamides is 1. The van der Waals surface area contributed by atoms with Crippen molar-refractivity contribution in [3.63, 3.8) is 0 Å². The van der Waals surface area contributed by atoms with Gasteiger partial charge in [0.15, 0.2) is 0 Å². The molecule has 0 aromatic carbocycles. The quantitative estimate of drug-likeness (QED) is 0.833. The zero-order valence-corrected chi connectivity index (χ0v) is 14.4. The lowest BCUT2D eigenvalue weighted by molar-refractivity contribution is 0.0601. The van der Waals surface area contributed by atoms with E-state index in [1.807, 2.05) is 19.0 Å². The van der Waals surface area contributed by atoms with Crippen molar-refractivity contribution in [1.29, 1.82) is 0 Å². The highest BCUT2D eigenvalue weighted by atomic mass is 32.2. The highest BCUT2D eigenvalue weighted by Gasteiger charge is 2.60. The van der Waals surface area contributed by atoms with Crippen LogP contribution < -0.4 is 4.90 Å². The van der Waals surface area contributed by atoms with Crippen LogP contribution in [0.4, 0.5) is 5.82 Å². The van der Waals surface area contributed by atoms with E-state index in [9.17, 15) is 8.42 Å². The molecule has 23 heavy (non-hydrogen) atoms. The van der Waals surface area contributed by atoms with Gasteiger partial charge in [0.2, 0.25) is 10.0 Å². The van der Waals surface area contributed by atoms with Crippen LogP contribution in [-0.2, 0) is 14.8 Å². The van der Waals surface area contributed by atoms with Crippen molar-refractivity contribution in [1.82, 2.24) is 9.29 Å². The van der Waals surface area contributed by atoms with E-state index in [0.29, 0.717) is 25.7 Å². The largest absolute Gasteiger partial charge is 0.379 e. The average Bonchev–Trinajstić information content (AvgIpc) is 3.06. The summed E-state index contributed by atoms with van der Waals surface area (Å²) in [6.07, 6.45) is 4.93. The van der Waals surface area contributed by atoms with E-state index in [-0.39, 0.29) is 16.4 Å². The van der Waals surface area contributed by atoms with Crippen molar-refractivity contribution in [3.05, 3.63) is 18.3 Å². The van der Waals surface area contributed by atoms with E-state index in [2.05, 4.69) is 4.98 Å². The molecule has 7 heteroatoms. The van der Waals surface area contributed by atoms with Gasteiger partial charge in [-0.05, 0) is 30.4 Å². The van der Waals surface area contributed by atoms with Crippen molar-refractivity contribution >= 4 is 15.8 Å². The summed E-state index contributed by atoms with van der Waals surface area (Å²) in [5.74, 6) is 1.11. The summed E-state index contributed by atoms with van der Waals surface area (Å²) in [7, 11) is 0.263. The molecule has 1 spiro atoms. The molecule has 3 fully saturated rings. The monoisotopic (exact) mass is 337 g/mol. The molecule has 0 bridgehead atoms. The Hall–Kier alpha value is -1.18. The molecule has 0 amide bonds. The Morgan fingerprint density at radius 1 is 1.30 bits per heavy atom. The Labute approximate surface area is 137 Å². The topological polar surface area (TPSA) is 62.7 Å². The molecular formula is C16H23N3O3S. The Morgan fingerprint density at radius 3 is 2.65 bits per heavy atom. The standard InChI is InChI=1S/C16H23N3O3S/c1-18(2)15-5-4-12(8-17-15)23(20,21)19-11-16(6-3-7-16)13-9-22-10-14(13)19/h4-5,8,13-14H,3,6-7,9-11H2,1-2H3/t13-,14+/m1/s1. The SMILES string of the molecule is CN(C)c1ccc(S(=O)(=O)N2CC3(CCC3)[C@@H]3COC[C@@H]32)cn1. The zero-order chi connectivity index (χ0) is 16.2. The maximum absolute atomic E-state index is 13.1. The molecule has 3 aliphatic rings. The zero-order valence-electron chi connectivity index (χ0n) is 13.6. The average molecular weight is 337 g/mol. The minimum atomic E-state index is -3.51. The van der Waals surface area contributed by atoms with Crippen LogP contribution in [0.2, 0.25) is 0 Å². The lowest BCUT2D eigenvalue weighted by Crippen LogP contribution is -2.39. The smallest absolute Gasteiger partial charge is 0.244 e. The van der Waals surface area contributed by atoms with Gasteiger partial charge in [-0.25, -0.2) is 13.4 Å². The number of aromatic nitrogens is 1. The molecule has 4 rings (SSSR count). The Morgan fingerprint density at radius 2 is 2.09 bits per heavy atom. The molecule has 2 atom stereocenters. The van der Waals surface area contributed by atoms with Gasteiger partial charge in [0.05, 0.1) is 19.3 Å². The second kappa shape index (κ2) is 5.16. The number of fused-ring (bicyclic) bond motifs is 2. The van der Waals surface area contributed by atoms with Crippen molar-refractivity contribution in [2.45, 2.75) is 30.2 Å². The van der Waals surface area contributed by atoms with Crippen LogP contribution in [0.15, 0.2) is 23.2 Å². The molecule has 1 aromatic heterocycles. The normalized spacial score (nSPS) is 29.5. The van der Waals surface area contributed by atoms with Crippen LogP contribution in [0.3, 0.4) is 0 Å². The van der Waals surface area contributed by atoms with Crippen molar-refractivity contribution < 1.29 is 13.2 Å². The van der Waals surface area contributed by atoms with Crippen LogP contribution >= 0.6 is 0 Å². The molecule has 0 N–H and O–H groups in total. The second-order valence-corrected chi connectivity index (χ2v) is 9.11. The van der Waals surface area contributed by atoms with E-state index in [0.717, 1.165) is 18.7 Å². The third kappa shape index (κ3) is 2.21. The molecule has 1 saturated carbocycles. The van der Waals surface area contributed by atoms with Crippen molar-refractivity contribution in [3.8, 4) is 0 Å². The van der Waals surface area contributed by atoms with Crippen molar-refractivity contribution in [2.24, 2.45) is 11.3 Å². The van der Waals surface area contributed by atoms with Gasteiger partial charge < -0.3 is 9.64 Å². The van der Waals surface area contributed by atoms with Gasteiger partial charge in [0.1, 0.15) is 10.7 Å². The molecule has 0 radical (unpaired) electrons. The maximum atomic E-state index is 13.1. The minimum Gasteiger partial charge on any atom is -0.379 e. The lowest BCUT2D eigenvalue weighted by Gasteiger charge is -2.42. The Bertz CT molecular complexity index is 698. The first-order chi connectivity index (χ1) is 10.9. The molecule has 3 heterocycles. The summed E-state index contributed by atoms with van der Waals surface area (Å²) in [6, 6.07) is 3.41. The highest BCUT2D eigenvalue weighted by Crippen LogP contribution is 2.56. The predicted molar refractivity (Wildman–Crippen MR) is 86.8 cm³/mol. The fourth-order valence-corrected chi connectivity index (χ4v) is 5.99. The molecular weight excluding hydrogens is 314 g/mol. The third-order valence-electron chi connectivity index (χ3n) is 5.81. The van der Waals surface area contributed by atoms with Gasteiger partial charge in [-0.15, -0.1) is 0 Å². The highest BCUT2D eigenvalue weighted by molar-refractivity contribution is 7.89. The first-order valence-corrected chi connectivity index (χ1v) is 9.61. The fraction of sp³-hybridized carbons (Fsp3) is 0.688. The summed E-state index contributed by atoms with van der Waals surface area (Å²) in [5, 5.41) is 0. The van der Waals surface area contributed by atoms with Crippen LogP contribution in [0.5, 0.6) is 0 Å². The first kappa shape index (κ1) is 15.4. The van der Waals surface area contributed by atoms with Gasteiger partial charge in [-0.1, -0.05) is 6.42 Å². The lowest BCUT2D eigenvalue weighted by atomic mass is 9.62. The van der Waals surface area contributed by atoms with Gasteiger partial charge in [0.25, 0.3) is 0 Å². The summed E-state index contributed by atoms with van der Waals surface area (Å²) in [5.41, 5.74) is 0.158. The number of hydrogen-bond acceptors (Lipinski definition) is 5. The van der Waals surface area contributed by atoms with Crippen LogP contribution in [0.1, 0.15) is 19.3 Å². The molecule has 1 aromatic rings. The van der Waals surface area contributed by atoms with Crippen LogP contribution in [0, 0.1) is 11.3 Å². The fourth-order valence-electron chi connectivity index (χ4n) is 4.30. The van der Waals surface area contributed by atoms with Crippen molar-refractivity contribution in [2.75, 3.05) is 38.8 Å². The molecule has 2 saturated heterocycles. The van der Waals surface area contributed by atoms with Gasteiger partial charge in [0, 0.05) is 32.8 Å². The molecule has 2 aliphatic heterocycles. The van der Waals surface area contributed by atoms with E-state index >= 15 is 0 Å². The summed E-state index contributed by atoms with van der Waals surface area (Å²) in [6.45, 7) is 1.87. The molecule has 6 nitrogen and oxygen atoms in total. The maximum Gasteiger partial charge on any atom is 0.244 e. The number of pyridine rings is 1. The second-order valence-electron chi connectivity index (χ2n) is 7.22. The van der Waals surface area contributed by atoms with Crippen LogP contribution in [0.25, 0.3) is 0 Å². The number of ether oxygens (including phenoxy) is 1. The third-order valence-corrected chi connectivity index (χ3v) is 7.67.